The first-order valence-electron chi connectivity index (χ1n) is 5.85. The molecule has 2 aromatic rings. The van der Waals surface area contributed by atoms with Crippen molar-refractivity contribution in [3.63, 3.8) is 0 Å². The first kappa shape index (κ1) is 13.4. The molecule has 0 amide bonds. The Balaban J connectivity index is 2.43. The van der Waals surface area contributed by atoms with Gasteiger partial charge in [-0.15, -0.1) is 0 Å². The highest BCUT2D eigenvalue weighted by molar-refractivity contribution is 5.63. The van der Waals surface area contributed by atoms with Crippen LogP contribution >= 0.6 is 0 Å². The van der Waals surface area contributed by atoms with E-state index in [2.05, 4.69) is 15.3 Å². The molecule has 0 saturated carbocycles. The third kappa shape index (κ3) is 3.23. The van der Waals surface area contributed by atoms with Crippen molar-refractivity contribution < 1.29 is 8.78 Å². The molecule has 0 spiro atoms. The Morgan fingerprint density at radius 2 is 2.00 bits per heavy atom. The summed E-state index contributed by atoms with van der Waals surface area (Å²) < 4.78 is 26.9. The number of hydrogen-bond donors (Lipinski definition) is 2. The summed E-state index contributed by atoms with van der Waals surface area (Å²) in [7, 11) is 0. The Bertz CT molecular complexity index is 587. The average Bonchev–Trinajstić information content (AvgIpc) is 2.38. The first-order valence-corrected chi connectivity index (χ1v) is 5.85. The Morgan fingerprint density at radius 1 is 1.21 bits per heavy atom. The minimum Gasteiger partial charge on any atom is -0.369 e. The van der Waals surface area contributed by atoms with E-state index in [-0.39, 0.29) is 5.56 Å². The normalized spacial score (nSPS) is 10.5. The van der Waals surface area contributed by atoms with Crippen molar-refractivity contribution in [2.45, 2.75) is 6.92 Å². The summed E-state index contributed by atoms with van der Waals surface area (Å²) in [4.78, 5) is 8.28. The van der Waals surface area contributed by atoms with Crippen LogP contribution in [0.3, 0.4) is 0 Å². The molecule has 0 fully saturated rings. The number of anilines is 1. The van der Waals surface area contributed by atoms with Gasteiger partial charge in [0.15, 0.2) is 0 Å². The molecule has 2 rings (SSSR count). The summed E-state index contributed by atoms with van der Waals surface area (Å²) in [5, 5.41) is 2.99. The Morgan fingerprint density at radius 3 is 2.74 bits per heavy atom. The predicted molar refractivity (Wildman–Crippen MR) is 69.7 cm³/mol. The molecule has 0 radical (unpaired) electrons. The van der Waals surface area contributed by atoms with Gasteiger partial charge in [0, 0.05) is 24.7 Å². The largest absolute Gasteiger partial charge is 0.369 e. The number of aryl methyl sites for hydroxylation is 1. The molecule has 1 aromatic carbocycles. The summed E-state index contributed by atoms with van der Waals surface area (Å²) in [5.41, 5.74) is 5.84. The third-order valence-electron chi connectivity index (χ3n) is 2.49. The molecule has 0 saturated heterocycles. The second-order valence-corrected chi connectivity index (χ2v) is 4.03. The van der Waals surface area contributed by atoms with Crippen molar-refractivity contribution >= 4 is 5.82 Å². The number of nitrogens with one attached hydrogen (secondary N) is 1. The van der Waals surface area contributed by atoms with Crippen molar-refractivity contribution in [2.75, 3.05) is 18.4 Å². The van der Waals surface area contributed by atoms with E-state index in [1.54, 1.807) is 13.0 Å². The fourth-order valence-electron chi connectivity index (χ4n) is 1.69. The third-order valence-corrected chi connectivity index (χ3v) is 2.49. The maximum atomic E-state index is 13.7. The number of rotatable bonds is 4. The number of nitrogens with zero attached hydrogens (tertiary/aromatic N) is 2. The molecule has 0 aliphatic rings. The summed E-state index contributed by atoms with van der Waals surface area (Å²) in [5.74, 6) is -0.0225. The van der Waals surface area contributed by atoms with E-state index in [1.807, 2.05) is 0 Å². The Hall–Kier alpha value is -2.08. The SMILES string of the molecule is Cc1nc(NCCN)cc(-c2cc(F)ccc2F)n1. The lowest BCUT2D eigenvalue weighted by Gasteiger charge is -2.08. The van der Waals surface area contributed by atoms with E-state index in [0.717, 1.165) is 18.2 Å². The van der Waals surface area contributed by atoms with Gasteiger partial charge in [0.2, 0.25) is 0 Å². The van der Waals surface area contributed by atoms with Crippen LogP contribution in [-0.2, 0) is 0 Å². The molecule has 19 heavy (non-hydrogen) atoms. The van der Waals surface area contributed by atoms with Crippen LogP contribution in [0.2, 0.25) is 0 Å². The number of halogens is 2. The Labute approximate surface area is 109 Å². The number of hydrogen-bond acceptors (Lipinski definition) is 4. The summed E-state index contributed by atoms with van der Waals surface area (Å²) in [6.07, 6.45) is 0. The second kappa shape index (κ2) is 5.71. The van der Waals surface area contributed by atoms with Gasteiger partial charge < -0.3 is 11.1 Å². The van der Waals surface area contributed by atoms with E-state index in [1.165, 1.54) is 0 Å². The minimum atomic E-state index is -0.524. The highest BCUT2D eigenvalue weighted by atomic mass is 19.1. The van der Waals surface area contributed by atoms with Gasteiger partial charge in [-0.2, -0.15) is 0 Å². The monoisotopic (exact) mass is 264 g/mol. The van der Waals surface area contributed by atoms with Gasteiger partial charge in [0.05, 0.1) is 5.69 Å². The van der Waals surface area contributed by atoms with Gasteiger partial charge in [-0.25, -0.2) is 18.7 Å². The summed E-state index contributed by atoms with van der Waals surface area (Å²) in [6, 6.07) is 4.83. The standard InChI is InChI=1S/C13H14F2N4/c1-8-18-12(7-13(19-8)17-5-4-16)10-6-9(14)2-3-11(10)15/h2-3,6-7H,4-5,16H2,1H3,(H,17,18,19). The highest BCUT2D eigenvalue weighted by Gasteiger charge is 2.10. The van der Waals surface area contributed by atoms with Gasteiger partial charge in [-0.05, 0) is 25.1 Å². The van der Waals surface area contributed by atoms with Gasteiger partial charge >= 0.3 is 0 Å². The van der Waals surface area contributed by atoms with Crippen molar-refractivity contribution in [3.05, 3.63) is 41.7 Å². The fraction of sp³-hybridized carbons (Fsp3) is 0.231. The van der Waals surface area contributed by atoms with Crippen LogP contribution in [0.25, 0.3) is 11.3 Å². The highest BCUT2D eigenvalue weighted by Crippen LogP contribution is 2.23. The van der Waals surface area contributed by atoms with E-state index in [9.17, 15) is 8.78 Å². The molecular weight excluding hydrogens is 250 g/mol. The van der Waals surface area contributed by atoms with Gasteiger partial charge in [0.1, 0.15) is 23.3 Å². The molecule has 0 aliphatic heterocycles. The zero-order valence-corrected chi connectivity index (χ0v) is 10.5. The average molecular weight is 264 g/mol. The summed E-state index contributed by atoms with van der Waals surface area (Å²) >= 11 is 0. The van der Waals surface area contributed by atoms with Gasteiger partial charge in [-0.3, -0.25) is 0 Å². The lowest BCUT2D eigenvalue weighted by atomic mass is 10.1. The molecule has 1 aromatic heterocycles. The van der Waals surface area contributed by atoms with Crippen molar-refractivity contribution in [1.82, 2.24) is 9.97 Å². The van der Waals surface area contributed by atoms with Crippen LogP contribution in [0.1, 0.15) is 5.82 Å². The van der Waals surface area contributed by atoms with E-state index in [4.69, 9.17) is 5.73 Å². The van der Waals surface area contributed by atoms with Crippen LogP contribution in [-0.4, -0.2) is 23.1 Å². The lowest BCUT2D eigenvalue weighted by Crippen LogP contribution is -2.14. The maximum absolute atomic E-state index is 13.7. The molecule has 4 nitrogen and oxygen atoms in total. The minimum absolute atomic E-state index is 0.112. The molecule has 1 heterocycles. The molecular formula is C13H14F2N4. The zero-order valence-electron chi connectivity index (χ0n) is 10.5. The van der Waals surface area contributed by atoms with E-state index < -0.39 is 11.6 Å². The van der Waals surface area contributed by atoms with Gasteiger partial charge in [0.25, 0.3) is 0 Å². The summed E-state index contributed by atoms with van der Waals surface area (Å²) in [6.45, 7) is 2.68. The maximum Gasteiger partial charge on any atom is 0.132 e. The van der Waals surface area contributed by atoms with Crippen LogP contribution in [0.5, 0.6) is 0 Å². The lowest BCUT2D eigenvalue weighted by molar-refractivity contribution is 0.602. The topological polar surface area (TPSA) is 63.8 Å². The van der Waals surface area contributed by atoms with Crippen molar-refractivity contribution in [3.8, 4) is 11.3 Å². The van der Waals surface area contributed by atoms with E-state index in [0.29, 0.717) is 30.4 Å². The molecule has 0 bridgehead atoms. The van der Waals surface area contributed by atoms with Crippen LogP contribution in [0.15, 0.2) is 24.3 Å². The van der Waals surface area contributed by atoms with Crippen LogP contribution < -0.4 is 11.1 Å². The van der Waals surface area contributed by atoms with Gasteiger partial charge in [-0.1, -0.05) is 0 Å². The number of aromatic nitrogens is 2. The molecule has 0 atom stereocenters. The Kier molecular flexibility index (Phi) is 4.01. The number of nitrogens with two attached hydrogens (primary N) is 1. The molecule has 0 aliphatic carbocycles. The van der Waals surface area contributed by atoms with Crippen LogP contribution in [0.4, 0.5) is 14.6 Å². The predicted octanol–water partition coefficient (Wildman–Crippen LogP) is 2.10. The number of benzene rings is 1. The zero-order chi connectivity index (χ0) is 13.8. The molecule has 0 unspecified atom stereocenters. The molecule has 3 N–H and O–H groups in total. The fourth-order valence-corrected chi connectivity index (χ4v) is 1.69. The molecule has 6 heteroatoms. The van der Waals surface area contributed by atoms with Crippen LogP contribution in [0, 0.1) is 18.6 Å². The smallest absolute Gasteiger partial charge is 0.132 e. The van der Waals surface area contributed by atoms with Crippen molar-refractivity contribution in [2.24, 2.45) is 5.73 Å². The first-order chi connectivity index (χ1) is 9.10. The van der Waals surface area contributed by atoms with Crippen molar-refractivity contribution in [1.29, 1.82) is 0 Å². The van der Waals surface area contributed by atoms with E-state index >= 15 is 0 Å². The quantitative estimate of drug-likeness (QED) is 0.887. The molecule has 100 valence electrons. The second-order valence-electron chi connectivity index (χ2n) is 4.03.